The van der Waals surface area contributed by atoms with Gasteiger partial charge in [-0.3, -0.25) is 4.79 Å². The average molecular weight is 264 g/mol. The standard InChI is InChI=1S/C14H20N2O3/c15-12-6-2-5-11(13(12)18)14(19)16-7-9-3-1-4-10(9)8-17/h2,5-6,9-10,17-18H,1,3-4,7-8,15H2,(H,16,19). The molecule has 1 aromatic carbocycles. The summed E-state index contributed by atoms with van der Waals surface area (Å²) >= 11 is 0. The number of carbonyl (C=O) groups excluding carboxylic acids is 1. The minimum Gasteiger partial charge on any atom is -0.505 e. The molecule has 1 saturated carbocycles. The first kappa shape index (κ1) is 13.7. The van der Waals surface area contributed by atoms with Gasteiger partial charge in [-0.25, -0.2) is 0 Å². The largest absolute Gasteiger partial charge is 0.505 e. The molecule has 0 heterocycles. The molecule has 5 nitrogen and oxygen atoms in total. The normalized spacial score (nSPS) is 22.4. The molecule has 104 valence electrons. The van der Waals surface area contributed by atoms with Crippen LogP contribution in [0.4, 0.5) is 5.69 Å². The summed E-state index contributed by atoms with van der Waals surface area (Å²) in [4.78, 5) is 12.0. The Morgan fingerprint density at radius 2 is 2.11 bits per heavy atom. The third-order valence-electron chi connectivity index (χ3n) is 3.89. The second-order valence-electron chi connectivity index (χ2n) is 5.09. The van der Waals surface area contributed by atoms with Crippen LogP contribution in [0.25, 0.3) is 0 Å². The van der Waals surface area contributed by atoms with Gasteiger partial charge < -0.3 is 21.3 Å². The lowest BCUT2D eigenvalue weighted by Crippen LogP contribution is -2.31. The fraction of sp³-hybridized carbons (Fsp3) is 0.500. The zero-order valence-corrected chi connectivity index (χ0v) is 10.8. The number of carbonyl (C=O) groups is 1. The van der Waals surface area contributed by atoms with Crippen LogP contribution in [0.1, 0.15) is 29.6 Å². The smallest absolute Gasteiger partial charge is 0.255 e. The molecule has 2 atom stereocenters. The van der Waals surface area contributed by atoms with E-state index in [0.717, 1.165) is 19.3 Å². The number of amides is 1. The van der Waals surface area contributed by atoms with E-state index in [1.54, 1.807) is 18.2 Å². The molecule has 1 aromatic rings. The summed E-state index contributed by atoms with van der Waals surface area (Å²) in [5.41, 5.74) is 5.95. The number of rotatable bonds is 4. The first-order chi connectivity index (χ1) is 9.13. The summed E-state index contributed by atoms with van der Waals surface area (Å²) in [6.45, 7) is 0.697. The van der Waals surface area contributed by atoms with Gasteiger partial charge in [0.1, 0.15) is 0 Å². The van der Waals surface area contributed by atoms with Crippen molar-refractivity contribution in [3.8, 4) is 5.75 Å². The highest BCUT2D eigenvalue weighted by molar-refractivity contribution is 5.98. The number of aromatic hydroxyl groups is 1. The van der Waals surface area contributed by atoms with E-state index in [0.29, 0.717) is 12.5 Å². The highest BCUT2D eigenvalue weighted by Crippen LogP contribution is 2.31. The Hall–Kier alpha value is -1.75. The van der Waals surface area contributed by atoms with E-state index in [2.05, 4.69) is 5.32 Å². The molecular weight excluding hydrogens is 244 g/mol. The van der Waals surface area contributed by atoms with Crippen molar-refractivity contribution in [3.05, 3.63) is 23.8 Å². The Kier molecular flexibility index (Phi) is 4.27. The van der Waals surface area contributed by atoms with Gasteiger partial charge in [0, 0.05) is 13.2 Å². The van der Waals surface area contributed by atoms with Gasteiger partial charge in [0.2, 0.25) is 0 Å². The molecule has 1 aliphatic rings. The molecule has 5 heteroatoms. The molecule has 0 radical (unpaired) electrons. The summed E-state index contributed by atoms with van der Waals surface area (Å²) in [5.74, 6) is 0.0883. The summed E-state index contributed by atoms with van der Waals surface area (Å²) in [6, 6.07) is 4.72. The molecule has 5 N–H and O–H groups in total. The lowest BCUT2D eigenvalue weighted by molar-refractivity contribution is 0.0935. The minimum atomic E-state index is -0.326. The SMILES string of the molecule is Nc1cccc(C(=O)NCC2CCCC2CO)c1O. The molecule has 0 aliphatic heterocycles. The average Bonchev–Trinajstić information content (AvgIpc) is 2.86. The minimum absolute atomic E-state index is 0.171. The monoisotopic (exact) mass is 264 g/mol. The van der Waals surface area contributed by atoms with Crippen LogP contribution in [-0.2, 0) is 0 Å². The third kappa shape index (κ3) is 2.98. The number of anilines is 1. The van der Waals surface area contributed by atoms with Crippen LogP contribution >= 0.6 is 0 Å². The predicted molar refractivity (Wildman–Crippen MR) is 72.8 cm³/mol. The second-order valence-corrected chi connectivity index (χ2v) is 5.09. The highest BCUT2D eigenvalue weighted by Gasteiger charge is 2.27. The van der Waals surface area contributed by atoms with Crippen LogP contribution in [0.3, 0.4) is 0 Å². The maximum atomic E-state index is 12.0. The summed E-state index contributed by atoms with van der Waals surface area (Å²) in [6.07, 6.45) is 3.13. The summed E-state index contributed by atoms with van der Waals surface area (Å²) in [7, 11) is 0. The van der Waals surface area contributed by atoms with Crippen molar-refractivity contribution in [2.24, 2.45) is 11.8 Å². The van der Waals surface area contributed by atoms with Crippen molar-refractivity contribution in [1.29, 1.82) is 0 Å². The van der Waals surface area contributed by atoms with Crippen LogP contribution < -0.4 is 11.1 Å². The molecule has 0 aromatic heterocycles. The Morgan fingerprint density at radius 3 is 2.84 bits per heavy atom. The fourth-order valence-corrected chi connectivity index (χ4v) is 2.69. The van der Waals surface area contributed by atoms with Crippen LogP contribution in [0.5, 0.6) is 5.75 Å². The maximum Gasteiger partial charge on any atom is 0.255 e. The Balaban J connectivity index is 1.96. The Labute approximate surface area is 112 Å². The molecule has 19 heavy (non-hydrogen) atoms. The number of aliphatic hydroxyl groups is 1. The first-order valence-electron chi connectivity index (χ1n) is 6.60. The molecule has 1 fully saturated rings. The number of hydrogen-bond donors (Lipinski definition) is 4. The topological polar surface area (TPSA) is 95.6 Å². The zero-order chi connectivity index (χ0) is 13.8. The molecule has 2 unspecified atom stereocenters. The van der Waals surface area contributed by atoms with E-state index in [1.807, 2.05) is 0 Å². The number of phenols is 1. The molecule has 0 spiro atoms. The van der Waals surface area contributed by atoms with Crippen molar-refractivity contribution in [3.63, 3.8) is 0 Å². The van der Waals surface area contributed by atoms with E-state index >= 15 is 0 Å². The lowest BCUT2D eigenvalue weighted by Gasteiger charge is -2.18. The number of hydrogen-bond acceptors (Lipinski definition) is 4. The van der Waals surface area contributed by atoms with Gasteiger partial charge in [-0.05, 0) is 36.8 Å². The molecule has 0 bridgehead atoms. The maximum absolute atomic E-state index is 12.0. The van der Waals surface area contributed by atoms with Gasteiger partial charge in [0.15, 0.2) is 5.75 Å². The number of phenolic OH excluding ortho intramolecular Hbond substituents is 1. The predicted octanol–water partition coefficient (Wildman–Crippen LogP) is 1.11. The van der Waals surface area contributed by atoms with E-state index in [-0.39, 0.29) is 35.4 Å². The third-order valence-corrected chi connectivity index (χ3v) is 3.89. The van der Waals surface area contributed by atoms with Gasteiger partial charge in [-0.2, -0.15) is 0 Å². The second kappa shape index (κ2) is 5.93. The lowest BCUT2D eigenvalue weighted by atomic mass is 9.97. The highest BCUT2D eigenvalue weighted by atomic mass is 16.3. The van der Waals surface area contributed by atoms with Crippen molar-refractivity contribution in [2.45, 2.75) is 19.3 Å². The van der Waals surface area contributed by atoms with E-state index in [4.69, 9.17) is 5.73 Å². The van der Waals surface area contributed by atoms with Crippen molar-refractivity contribution < 1.29 is 15.0 Å². The van der Waals surface area contributed by atoms with E-state index in [1.165, 1.54) is 0 Å². The number of nitrogen functional groups attached to an aromatic ring is 1. The molecular formula is C14H20N2O3. The van der Waals surface area contributed by atoms with Gasteiger partial charge in [0.25, 0.3) is 5.91 Å². The molecule has 0 saturated heterocycles. The Bertz CT molecular complexity index is 462. The van der Waals surface area contributed by atoms with Crippen LogP contribution in [0.15, 0.2) is 18.2 Å². The number of aliphatic hydroxyl groups excluding tert-OH is 1. The van der Waals surface area contributed by atoms with Gasteiger partial charge >= 0.3 is 0 Å². The van der Waals surface area contributed by atoms with Gasteiger partial charge in [-0.1, -0.05) is 12.5 Å². The summed E-state index contributed by atoms with van der Waals surface area (Å²) < 4.78 is 0. The number of nitrogens with two attached hydrogens (primary N) is 1. The van der Waals surface area contributed by atoms with Gasteiger partial charge in [-0.15, -0.1) is 0 Å². The number of benzene rings is 1. The Morgan fingerprint density at radius 1 is 1.37 bits per heavy atom. The van der Waals surface area contributed by atoms with Crippen molar-refractivity contribution >= 4 is 11.6 Å². The van der Waals surface area contributed by atoms with Crippen molar-refractivity contribution in [1.82, 2.24) is 5.32 Å². The van der Waals surface area contributed by atoms with E-state index < -0.39 is 0 Å². The van der Waals surface area contributed by atoms with Crippen LogP contribution in [0.2, 0.25) is 0 Å². The number of para-hydroxylation sites is 1. The quantitative estimate of drug-likeness (QED) is 0.484. The molecule has 1 amide bonds. The van der Waals surface area contributed by atoms with Crippen molar-refractivity contribution in [2.75, 3.05) is 18.9 Å². The van der Waals surface area contributed by atoms with E-state index in [9.17, 15) is 15.0 Å². The van der Waals surface area contributed by atoms with Crippen LogP contribution in [-0.4, -0.2) is 29.3 Å². The van der Waals surface area contributed by atoms with Gasteiger partial charge in [0.05, 0.1) is 11.3 Å². The first-order valence-corrected chi connectivity index (χ1v) is 6.60. The summed E-state index contributed by atoms with van der Waals surface area (Å²) in [5, 5.41) is 21.8. The molecule has 1 aliphatic carbocycles. The fourth-order valence-electron chi connectivity index (χ4n) is 2.69. The zero-order valence-electron chi connectivity index (χ0n) is 10.8. The molecule has 2 rings (SSSR count). The number of nitrogens with one attached hydrogen (secondary N) is 1. The van der Waals surface area contributed by atoms with Crippen LogP contribution in [0, 0.1) is 11.8 Å².